The number of nitrogens with one attached hydrogen (secondary N) is 1. The minimum Gasteiger partial charge on any atom is -0.346 e. The van der Waals surface area contributed by atoms with Crippen LogP contribution in [0.1, 0.15) is 34.4 Å². The van der Waals surface area contributed by atoms with Crippen LogP contribution < -0.4 is 5.32 Å². The Bertz CT molecular complexity index is 1150. The van der Waals surface area contributed by atoms with Crippen molar-refractivity contribution in [2.24, 2.45) is 0 Å². The fourth-order valence-electron chi connectivity index (χ4n) is 3.33. The van der Waals surface area contributed by atoms with Crippen LogP contribution in [0.3, 0.4) is 0 Å². The average molecular weight is 405 g/mol. The largest absolute Gasteiger partial charge is 0.346 e. The highest BCUT2D eigenvalue weighted by Crippen LogP contribution is 2.23. The molecule has 0 atom stereocenters. The molecule has 4 aromatic rings. The van der Waals surface area contributed by atoms with Gasteiger partial charge in [0.2, 0.25) is 0 Å². The summed E-state index contributed by atoms with van der Waals surface area (Å²) >= 11 is 6.37. The van der Waals surface area contributed by atoms with Gasteiger partial charge in [0.05, 0.1) is 29.8 Å². The van der Waals surface area contributed by atoms with Gasteiger partial charge in [-0.05, 0) is 42.0 Å². The normalized spacial score (nSPS) is 11.0. The number of aromatic nitrogens is 3. The van der Waals surface area contributed by atoms with Crippen molar-refractivity contribution in [2.75, 3.05) is 0 Å². The van der Waals surface area contributed by atoms with Crippen LogP contribution in [0.5, 0.6) is 0 Å². The zero-order valence-corrected chi connectivity index (χ0v) is 16.9. The molecule has 5 nitrogen and oxygen atoms in total. The lowest BCUT2D eigenvalue weighted by Gasteiger charge is -2.11. The number of nitrogens with zero attached hydrogens (tertiary/aromatic N) is 3. The Morgan fingerprint density at radius 1 is 1.10 bits per heavy atom. The van der Waals surface area contributed by atoms with Gasteiger partial charge in [0.15, 0.2) is 0 Å². The summed E-state index contributed by atoms with van der Waals surface area (Å²) in [5.74, 6) is 0.826. The van der Waals surface area contributed by atoms with Gasteiger partial charge in [-0.3, -0.25) is 9.78 Å². The van der Waals surface area contributed by atoms with Gasteiger partial charge >= 0.3 is 0 Å². The summed E-state index contributed by atoms with van der Waals surface area (Å²) in [5, 5.41) is 3.65. The molecule has 0 spiro atoms. The van der Waals surface area contributed by atoms with E-state index in [-0.39, 0.29) is 5.91 Å². The van der Waals surface area contributed by atoms with E-state index in [1.165, 1.54) is 0 Å². The van der Waals surface area contributed by atoms with Crippen LogP contribution in [0.15, 0.2) is 66.9 Å². The molecule has 6 heteroatoms. The van der Waals surface area contributed by atoms with E-state index in [1.807, 2.05) is 60.7 Å². The van der Waals surface area contributed by atoms with Crippen molar-refractivity contribution in [3.8, 4) is 0 Å². The third-order valence-electron chi connectivity index (χ3n) is 4.85. The predicted molar refractivity (Wildman–Crippen MR) is 115 cm³/mol. The molecular weight excluding hydrogens is 384 g/mol. The number of rotatable bonds is 6. The summed E-state index contributed by atoms with van der Waals surface area (Å²) in [6, 6.07) is 19.0. The van der Waals surface area contributed by atoms with Crippen molar-refractivity contribution in [3.05, 3.63) is 94.5 Å². The molecule has 2 heterocycles. The Labute approximate surface area is 174 Å². The summed E-state index contributed by atoms with van der Waals surface area (Å²) in [7, 11) is 0. The lowest BCUT2D eigenvalue weighted by Crippen LogP contribution is -2.23. The minimum atomic E-state index is -0.138. The van der Waals surface area contributed by atoms with Crippen LogP contribution >= 0.6 is 11.6 Å². The van der Waals surface area contributed by atoms with Crippen LogP contribution in [0.4, 0.5) is 0 Å². The molecule has 0 radical (unpaired) electrons. The van der Waals surface area contributed by atoms with Crippen LogP contribution in [-0.2, 0) is 19.5 Å². The Kier molecular flexibility index (Phi) is 5.58. The summed E-state index contributed by atoms with van der Waals surface area (Å²) < 4.78 is 2.13. The topological polar surface area (TPSA) is 59.8 Å². The Morgan fingerprint density at radius 3 is 2.69 bits per heavy atom. The van der Waals surface area contributed by atoms with Gasteiger partial charge in [0.25, 0.3) is 5.91 Å². The van der Waals surface area contributed by atoms with Gasteiger partial charge in [0.1, 0.15) is 5.82 Å². The number of pyridine rings is 1. The van der Waals surface area contributed by atoms with E-state index in [0.29, 0.717) is 18.7 Å². The van der Waals surface area contributed by atoms with Crippen molar-refractivity contribution < 1.29 is 4.79 Å². The summed E-state index contributed by atoms with van der Waals surface area (Å²) in [6.07, 6.45) is 2.51. The smallest absolute Gasteiger partial charge is 0.251 e. The molecule has 0 unspecified atom stereocenters. The molecule has 0 bridgehead atoms. The molecule has 2 aromatic carbocycles. The van der Waals surface area contributed by atoms with E-state index >= 15 is 0 Å². The number of carbonyl (C=O) groups is 1. The lowest BCUT2D eigenvalue weighted by molar-refractivity contribution is 0.0950. The number of amides is 1. The van der Waals surface area contributed by atoms with Crippen molar-refractivity contribution in [3.63, 3.8) is 0 Å². The van der Waals surface area contributed by atoms with E-state index in [1.54, 1.807) is 6.20 Å². The molecule has 0 aliphatic rings. The monoisotopic (exact) mass is 404 g/mol. The summed E-state index contributed by atoms with van der Waals surface area (Å²) in [6.45, 7) is 3.07. The molecule has 4 rings (SSSR count). The van der Waals surface area contributed by atoms with Gasteiger partial charge in [-0.25, -0.2) is 4.98 Å². The third kappa shape index (κ3) is 4.15. The van der Waals surface area contributed by atoms with E-state index in [0.717, 1.165) is 39.6 Å². The van der Waals surface area contributed by atoms with Gasteiger partial charge in [-0.2, -0.15) is 0 Å². The van der Waals surface area contributed by atoms with Crippen molar-refractivity contribution in [1.29, 1.82) is 0 Å². The lowest BCUT2D eigenvalue weighted by atomic mass is 10.1. The molecule has 0 saturated carbocycles. The van der Waals surface area contributed by atoms with Gasteiger partial charge in [-0.15, -0.1) is 0 Å². The molecule has 2 aromatic heterocycles. The summed E-state index contributed by atoms with van der Waals surface area (Å²) in [5.41, 5.74) is 4.23. The quantitative estimate of drug-likeness (QED) is 0.510. The van der Waals surface area contributed by atoms with Crippen molar-refractivity contribution >= 4 is 28.5 Å². The molecule has 29 heavy (non-hydrogen) atoms. The van der Waals surface area contributed by atoms with Gasteiger partial charge in [-0.1, -0.05) is 42.8 Å². The highest BCUT2D eigenvalue weighted by molar-refractivity contribution is 6.31. The molecule has 0 fully saturated rings. The first-order valence-corrected chi connectivity index (χ1v) is 9.94. The van der Waals surface area contributed by atoms with Crippen LogP contribution in [0, 0.1) is 0 Å². The maximum absolute atomic E-state index is 12.7. The van der Waals surface area contributed by atoms with Crippen LogP contribution in [0.25, 0.3) is 11.0 Å². The second kappa shape index (κ2) is 8.45. The second-order valence-corrected chi connectivity index (χ2v) is 7.17. The Hall–Kier alpha value is -3.18. The first kappa shape index (κ1) is 19.2. The zero-order valence-electron chi connectivity index (χ0n) is 16.1. The summed E-state index contributed by atoms with van der Waals surface area (Å²) in [4.78, 5) is 21.6. The van der Waals surface area contributed by atoms with Crippen LogP contribution in [0.2, 0.25) is 5.02 Å². The number of imidazole rings is 1. The van der Waals surface area contributed by atoms with Crippen molar-refractivity contribution in [2.45, 2.75) is 26.4 Å². The van der Waals surface area contributed by atoms with Crippen molar-refractivity contribution in [1.82, 2.24) is 19.9 Å². The Balaban J connectivity index is 1.64. The standard InChI is InChI=1S/C23H21ClN4O/c1-2-22-27-20-11-10-16(23(29)26-14-18-8-5-6-12-25-18)13-21(20)28(22)15-17-7-3-4-9-19(17)24/h3-13H,2,14-15H2,1H3,(H,26,29). The highest BCUT2D eigenvalue weighted by Gasteiger charge is 2.14. The number of carbonyl (C=O) groups excluding carboxylic acids is 1. The number of hydrogen-bond donors (Lipinski definition) is 1. The minimum absolute atomic E-state index is 0.138. The average Bonchev–Trinajstić information content (AvgIpc) is 3.11. The van der Waals surface area contributed by atoms with Crippen LogP contribution in [-0.4, -0.2) is 20.4 Å². The van der Waals surface area contributed by atoms with Gasteiger partial charge < -0.3 is 9.88 Å². The highest BCUT2D eigenvalue weighted by atomic mass is 35.5. The maximum atomic E-state index is 12.7. The second-order valence-electron chi connectivity index (χ2n) is 6.77. The van der Waals surface area contributed by atoms with E-state index in [4.69, 9.17) is 16.6 Å². The number of halogens is 1. The molecular formula is C23H21ClN4O. The molecule has 1 amide bonds. The number of hydrogen-bond acceptors (Lipinski definition) is 3. The third-order valence-corrected chi connectivity index (χ3v) is 5.22. The Morgan fingerprint density at radius 2 is 1.93 bits per heavy atom. The zero-order chi connectivity index (χ0) is 20.2. The predicted octanol–water partition coefficient (Wildman–Crippen LogP) is 4.63. The first-order valence-electron chi connectivity index (χ1n) is 9.56. The molecule has 0 aliphatic heterocycles. The van der Waals surface area contributed by atoms with E-state index < -0.39 is 0 Å². The molecule has 146 valence electrons. The fraction of sp³-hybridized carbons (Fsp3) is 0.174. The number of aryl methyl sites for hydroxylation is 1. The number of benzene rings is 2. The molecule has 0 aliphatic carbocycles. The van der Waals surface area contributed by atoms with Gasteiger partial charge in [0, 0.05) is 23.2 Å². The maximum Gasteiger partial charge on any atom is 0.251 e. The number of fused-ring (bicyclic) bond motifs is 1. The van der Waals surface area contributed by atoms with E-state index in [2.05, 4.69) is 21.8 Å². The van der Waals surface area contributed by atoms with E-state index in [9.17, 15) is 4.79 Å². The first-order chi connectivity index (χ1) is 14.2. The fourth-order valence-corrected chi connectivity index (χ4v) is 3.53. The molecule has 1 N–H and O–H groups in total. The molecule has 0 saturated heterocycles. The SMILES string of the molecule is CCc1nc2ccc(C(=O)NCc3ccccn3)cc2n1Cc1ccccc1Cl.